The second-order valence-corrected chi connectivity index (χ2v) is 7.31. The Balaban J connectivity index is 2.08. The summed E-state index contributed by atoms with van der Waals surface area (Å²) in [5, 5.41) is 9.76. The van der Waals surface area contributed by atoms with Crippen molar-refractivity contribution in [2.75, 3.05) is 20.3 Å². The topological polar surface area (TPSA) is 20.2 Å². The number of benzene rings is 1. The minimum absolute atomic E-state index is 0.228. The molecular formula is C21H38NO+. The average molecular weight is 321 g/mol. The first-order valence-corrected chi connectivity index (χ1v) is 9.68. The van der Waals surface area contributed by atoms with Crippen LogP contribution >= 0.6 is 0 Å². The molecule has 0 aliphatic heterocycles. The lowest BCUT2D eigenvalue weighted by atomic mass is 10.1. The van der Waals surface area contributed by atoms with E-state index in [0.29, 0.717) is 0 Å². The summed E-state index contributed by atoms with van der Waals surface area (Å²) in [5.74, 6) is 0. The normalized spacial score (nSPS) is 13.9. The quantitative estimate of drug-likeness (QED) is 0.272. The lowest BCUT2D eigenvalue weighted by Crippen LogP contribution is -2.44. The molecule has 2 nitrogen and oxygen atoms in total. The Morgan fingerprint density at radius 1 is 0.783 bits per heavy atom. The summed E-state index contributed by atoms with van der Waals surface area (Å²) >= 11 is 0. The summed E-state index contributed by atoms with van der Waals surface area (Å²) in [5.41, 5.74) is 1.32. The zero-order valence-corrected chi connectivity index (χ0v) is 15.5. The zero-order valence-electron chi connectivity index (χ0n) is 15.5. The van der Waals surface area contributed by atoms with Gasteiger partial charge in [0, 0.05) is 5.56 Å². The molecule has 1 N–H and O–H groups in total. The van der Waals surface area contributed by atoms with Crippen LogP contribution in [0.1, 0.15) is 76.7 Å². The molecule has 0 saturated carbocycles. The zero-order chi connectivity index (χ0) is 16.8. The van der Waals surface area contributed by atoms with Crippen molar-refractivity contribution in [2.24, 2.45) is 0 Å². The summed E-state index contributed by atoms with van der Waals surface area (Å²) in [6, 6.07) is 10.5. The van der Waals surface area contributed by atoms with Gasteiger partial charge in [0.15, 0.2) is 6.73 Å². The lowest BCUT2D eigenvalue weighted by Gasteiger charge is -2.32. The molecule has 0 radical (unpaired) electrons. The van der Waals surface area contributed by atoms with E-state index < -0.39 is 0 Å². The fourth-order valence-electron chi connectivity index (χ4n) is 3.20. The Hall–Kier alpha value is -0.860. The first kappa shape index (κ1) is 20.2. The molecule has 0 saturated heterocycles. The van der Waals surface area contributed by atoms with Gasteiger partial charge in [-0.1, -0.05) is 88.6 Å². The number of rotatable bonds is 14. The van der Waals surface area contributed by atoms with E-state index in [0.717, 1.165) is 17.6 Å². The Kier molecular flexibility index (Phi) is 11.0. The van der Waals surface area contributed by atoms with Gasteiger partial charge >= 0.3 is 0 Å². The van der Waals surface area contributed by atoms with Crippen molar-refractivity contribution in [3.05, 3.63) is 35.9 Å². The molecule has 0 spiro atoms. The van der Waals surface area contributed by atoms with Crippen LogP contribution in [0.4, 0.5) is 0 Å². The van der Waals surface area contributed by atoms with Crippen molar-refractivity contribution in [1.82, 2.24) is 0 Å². The third-order valence-electron chi connectivity index (χ3n) is 4.80. The molecule has 0 fully saturated rings. The smallest absolute Gasteiger partial charge is 0.180 e. The Morgan fingerprint density at radius 3 is 1.83 bits per heavy atom. The van der Waals surface area contributed by atoms with Crippen LogP contribution in [-0.2, 0) is 6.54 Å². The van der Waals surface area contributed by atoms with Gasteiger partial charge in [0.1, 0.15) is 6.54 Å². The maximum atomic E-state index is 9.76. The molecule has 0 aliphatic rings. The van der Waals surface area contributed by atoms with Gasteiger partial charge < -0.3 is 5.11 Å². The number of quaternary nitrogens is 1. The monoisotopic (exact) mass is 320 g/mol. The number of nitrogens with zero attached hydrogens (tertiary/aromatic N) is 1. The largest absolute Gasteiger partial charge is 0.347 e. The van der Waals surface area contributed by atoms with Crippen LogP contribution in [0.3, 0.4) is 0 Å². The molecule has 1 aromatic rings. The summed E-state index contributed by atoms with van der Waals surface area (Å²) in [6.45, 7) is 4.50. The molecule has 0 aliphatic carbocycles. The van der Waals surface area contributed by atoms with E-state index in [9.17, 15) is 5.11 Å². The fourth-order valence-corrected chi connectivity index (χ4v) is 3.20. The molecule has 1 rings (SSSR count). The van der Waals surface area contributed by atoms with Crippen molar-refractivity contribution < 1.29 is 9.59 Å². The molecule has 0 bridgehead atoms. The summed E-state index contributed by atoms with van der Waals surface area (Å²) in [7, 11) is 2.17. The summed E-state index contributed by atoms with van der Waals surface area (Å²) in [6.07, 6.45) is 13.7. The maximum absolute atomic E-state index is 9.76. The minimum atomic E-state index is 0.228. The highest BCUT2D eigenvalue weighted by atomic mass is 16.3. The predicted molar refractivity (Wildman–Crippen MR) is 100 cm³/mol. The van der Waals surface area contributed by atoms with Crippen LogP contribution in [0, 0.1) is 0 Å². The minimum Gasteiger partial charge on any atom is -0.347 e. The number of aliphatic hydroxyl groups is 1. The molecule has 0 heterocycles. The molecule has 0 aromatic heterocycles. The van der Waals surface area contributed by atoms with Crippen molar-refractivity contribution in [3.63, 3.8) is 0 Å². The van der Waals surface area contributed by atoms with Gasteiger partial charge in [-0.25, -0.2) is 0 Å². The number of aliphatic hydroxyl groups excluding tert-OH is 1. The molecule has 2 heteroatoms. The molecular weight excluding hydrogens is 282 g/mol. The third kappa shape index (κ3) is 9.78. The molecule has 1 aromatic carbocycles. The van der Waals surface area contributed by atoms with E-state index in [2.05, 4.69) is 44.3 Å². The van der Waals surface area contributed by atoms with Gasteiger partial charge in [-0.2, -0.15) is 0 Å². The number of hydrogen-bond donors (Lipinski definition) is 1. The molecule has 132 valence electrons. The van der Waals surface area contributed by atoms with Crippen LogP contribution in [0.5, 0.6) is 0 Å². The van der Waals surface area contributed by atoms with Crippen molar-refractivity contribution in [2.45, 2.75) is 77.7 Å². The molecule has 23 heavy (non-hydrogen) atoms. The van der Waals surface area contributed by atoms with E-state index in [-0.39, 0.29) is 6.73 Å². The van der Waals surface area contributed by atoms with Crippen LogP contribution in [0.25, 0.3) is 0 Å². The third-order valence-corrected chi connectivity index (χ3v) is 4.80. The van der Waals surface area contributed by atoms with Crippen molar-refractivity contribution >= 4 is 0 Å². The van der Waals surface area contributed by atoms with E-state index in [1.165, 1.54) is 69.8 Å². The number of hydrogen-bond acceptors (Lipinski definition) is 1. The van der Waals surface area contributed by atoms with Crippen LogP contribution in [0.15, 0.2) is 30.3 Å². The van der Waals surface area contributed by atoms with Crippen LogP contribution in [0.2, 0.25) is 0 Å². The number of unbranched alkanes of at least 4 members (excludes halogenated alkanes) is 9. The van der Waals surface area contributed by atoms with E-state index in [4.69, 9.17) is 0 Å². The molecule has 1 atom stereocenters. The Bertz CT molecular complexity index is 379. The van der Waals surface area contributed by atoms with Gasteiger partial charge in [-0.05, 0) is 12.8 Å². The fraction of sp³-hybridized carbons (Fsp3) is 0.714. The highest BCUT2D eigenvalue weighted by Gasteiger charge is 2.20. The second kappa shape index (κ2) is 12.5. The predicted octanol–water partition coefficient (Wildman–Crippen LogP) is 5.50. The van der Waals surface area contributed by atoms with Crippen molar-refractivity contribution in [3.8, 4) is 0 Å². The summed E-state index contributed by atoms with van der Waals surface area (Å²) in [4.78, 5) is 0. The second-order valence-electron chi connectivity index (χ2n) is 7.31. The lowest BCUT2D eigenvalue weighted by molar-refractivity contribution is -0.940. The SMILES string of the molecule is CCCCCCCCCCCC[N+](C)(CO)Cc1ccccc1. The first-order chi connectivity index (χ1) is 11.2. The van der Waals surface area contributed by atoms with Gasteiger partial charge in [-0.3, -0.25) is 4.48 Å². The van der Waals surface area contributed by atoms with Gasteiger partial charge in [0.05, 0.1) is 13.6 Å². The van der Waals surface area contributed by atoms with Gasteiger partial charge in [0.25, 0.3) is 0 Å². The van der Waals surface area contributed by atoms with E-state index in [1.54, 1.807) is 0 Å². The highest BCUT2D eigenvalue weighted by molar-refractivity contribution is 5.13. The highest BCUT2D eigenvalue weighted by Crippen LogP contribution is 2.15. The van der Waals surface area contributed by atoms with E-state index in [1.807, 2.05) is 0 Å². The van der Waals surface area contributed by atoms with Gasteiger partial charge in [-0.15, -0.1) is 0 Å². The summed E-state index contributed by atoms with van der Waals surface area (Å²) < 4.78 is 0.737. The van der Waals surface area contributed by atoms with Gasteiger partial charge in [0.2, 0.25) is 0 Å². The van der Waals surface area contributed by atoms with Crippen molar-refractivity contribution in [1.29, 1.82) is 0 Å². The average Bonchev–Trinajstić information content (AvgIpc) is 2.57. The Labute approximate surface area is 144 Å². The standard InChI is InChI=1S/C21H38NO/c1-3-4-5-6-7-8-9-10-11-15-18-22(2,20-23)19-21-16-13-12-14-17-21/h12-14,16-17,23H,3-11,15,18-20H2,1-2H3/q+1. The molecule has 0 amide bonds. The first-order valence-electron chi connectivity index (χ1n) is 9.68. The molecule has 1 unspecified atom stereocenters. The maximum Gasteiger partial charge on any atom is 0.180 e. The van der Waals surface area contributed by atoms with E-state index >= 15 is 0 Å². The Morgan fingerprint density at radius 2 is 1.30 bits per heavy atom. The van der Waals surface area contributed by atoms with Crippen LogP contribution < -0.4 is 0 Å². The van der Waals surface area contributed by atoms with Crippen LogP contribution in [-0.4, -0.2) is 29.9 Å².